The molecule has 0 aromatic carbocycles. The van der Waals surface area contributed by atoms with Gasteiger partial charge in [-0.1, -0.05) is 12.5 Å². The summed E-state index contributed by atoms with van der Waals surface area (Å²) in [4.78, 5) is 0. The molecule has 0 N–H and O–H groups in total. The molecule has 0 amide bonds. The van der Waals surface area contributed by atoms with Gasteiger partial charge in [0.05, 0.1) is 0 Å². The summed E-state index contributed by atoms with van der Waals surface area (Å²) in [6, 6.07) is 0. The van der Waals surface area contributed by atoms with Crippen LogP contribution in [0.1, 0.15) is 51.4 Å². The van der Waals surface area contributed by atoms with E-state index in [-0.39, 0.29) is 0 Å². The van der Waals surface area contributed by atoms with Crippen molar-refractivity contribution in [3.63, 3.8) is 0 Å². The Morgan fingerprint density at radius 1 is 1.17 bits per heavy atom. The lowest BCUT2D eigenvalue weighted by molar-refractivity contribution is 0.0561. The third kappa shape index (κ3) is 1.44. The largest absolute Gasteiger partial charge is 0.103 e. The van der Waals surface area contributed by atoms with Crippen LogP contribution in [0.2, 0.25) is 0 Å². The van der Waals surface area contributed by atoms with E-state index < -0.39 is 0 Å². The third-order valence-electron chi connectivity index (χ3n) is 4.08. The summed E-state index contributed by atoms with van der Waals surface area (Å²) in [6.07, 6.45) is 13.9. The molecule has 0 unspecified atom stereocenters. The van der Waals surface area contributed by atoms with Crippen LogP contribution in [0.3, 0.4) is 0 Å². The lowest BCUT2D eigenvalue weighted by atomic mass is 9.59. The molecule has 2 aliphatic carbocycles. The van der Waals surface area contributed by atoms with E-state index in [1.807, 2.05) is 0 Å². The SMILES string of the molecule is C=CCC1CCC2(CCC2)CC1. The van der Waals surface area contributed by atoms with Crippen LogP contribution < -0.4 is 0 Å². The van der Waals surface area contributed by atoms with Crippen molar-refractivity contribution in [2.24, 2.45) is 11.3 Å². The van der Waals surface area contributed by atoms with Crippen LogP contribution in [-0.4, -0.2) is 0 Å². The zero-order valence-electron chi connectivity index (χ0n) is 8.02. The van der Waals surface area contributed by atoms with Gasteiger partial charge in [-0.25, -0.2) is 0 Å². The summed E-state index contributed by atoms with van der Waals surface area (Å²) >= 11 is 0. The summed E-state index contributed by atoms with van der Waals surface area (Å²) in [6.45, 7) is 3.83. The molecule has 0 nitrogen and oxygen atoms in total. The summed E-state index contributed by atoms with van der Waals surface area (Å²) in [7, 11) is 0. The third-order valence-corrected chi connectivity index (χ3v) is 4.08. The minimum absolute atomic E-state index is 0.845. The molecule has 0 heteroatoms. The minimum Gasteiger partial charge on any atom is -0.103 e. The Morgan fingerprint density at radius 2 is 1.83 bits per heavy atom. The molecular formula is C12H20. The van der Waals surface area contributed by atoms with Crippen molar-refractivity contribution in [1.82, 2.24) is 0 Å². The molecule has 2 aliphatic rings. The number of hydrogen-bond donors (Lipinski definition) is 0. The van der Waals surface area contributed by atoms with Crippen molar-refractivity contribution in [2.75, 3.05) is 0 Å². The molecule has 0 aliphatic heterocycles. The highest BCUT2D eigenvalue weighted by Gasteiger charge is 2.39. The molecule has 2 fully saturated rings. The van der Waals surface area contributed by atoms with Crippen LogP contribution >= 0.6 is 0 Å². The van der Waals surface area contributed by atoms with Crippen LogP contribution in [0.4, 0.5) is 0 Å². The fourth-order valence-electron chi connectivity index (χ4n) is 2.94. The maximum atomic E-state index is 3.83. The average Bonchev–Trinajstić information content (AvgIpc) is 2.04. The van der Waals surface area contributed by atoms with Gasteiger partial charge in [0.2, 0.25) is 0 Å². The summed E-state index contributed by atoms with van der Waals surface area (Å²) in [5, 5.41) is 0. The van der Waals surface area contributed by atoms with Crippen LogP contribution in [0, 0.1) is 11.3 Å². The van der Waals surface area contributed by atoms with Crippen molar-refractivity contribution in [3.8, 4) is 0 Å². The first-order valence-corrected chi connectivity index (χ1v) is 5.46. The van der Waals surface area contributed by atoms with E-state index >= 15 is 0 Å². The van der Waals surface area contributed by atoms with E-state index in [4.69, 9.17) is 0 Å². The van der Waals surface area contributed by atoms with Crippen molar-refractivity contribution in [2.45, 2.75) is 51.4 Å². The van der Waals surface area contributed by atoms with E-state index in [0.717, 1.165) is 11.3 Å². The van der Waals surface area contributed by atoms with Crippen LogP contribution in [0.5, 0.6) is 0 Å². The molecule has 0 radical (unpaired) electrons. The van der Waals surface area contributed by atoms with Gasteiger partial charge in [-0.05, 0) is 56.3 Å². The predicted molar refractivity (Wildman–Crippen MR) is 53.1 cm³/mol. The lowest BCUT2D eigenvalue weighted by Gasteiger charge is -2.47. The van der Waals surface area contributed by atoms with Crippen molar-refractivity contribution in [1.29, 1.82) is 0 Å². The van der Waals surface area contributed by atoms with Gasteiger partial charge in [0.25, 0.3) is 0 Å². The molecule has 0 aromatic heterocycles. The first-order valence-electron chi connectivity index (χ1n) is 5.46. The predicted octanol–water partition coefficient (Wildman–Crippen LogP) is 3.92. The monoisotopic (exact) mass is 164 g/mol. The number of rotatable bonds is 2. The van der Waals surface area contributed by atoms with Crippen molar-refractivity contribution < 1.29 is 0 Å². The fourth-order valence-corrected chi connectivity index (χ4v) is 2.94. The zero-order chi connectivity index (χ0) is 8.44. The normalized spacial score (nSPS) is 28.3. The zero-order valence-corrected chi connectivity index (χ0v) is 8.02. The Hall–Kier alpha value is -0.260. The minimum atomic E-state index is 0.845. The molecule has 2 rings (SSSR count). The maximum absolute atomic E-state index is 3.83. The van der Waals surface area contributed by atoms with Gasteiger partial charge in [-0.15, -0.1) is 6.58 Å². The second kappa shape index (κ2) is 3.24. The molecule has 0 atom stereocenters. The van der Waals surface area contributed by atoms with E-state index in [9.17, 15) is 0 Å². The average molecular weight is 164 g/mol. The Balaban J connectivity index is 1.80. The highest BCUT2D eigenvalue weighted by molar-refractivity contribution is 4.92. The molecule has 12 heavy (non-hydrogen) atoms. The Bertz CT molecular complexity index is 155. The van der Waals surface area contributed by atoms with Gasteiger partial charge >= 0.3 is 0 Å². The van der Waals surface area contributed by atoms with Gasteiger partial charge in [0.15, 0.2) is 0 Å². The first-order chi connectivity index (χ1) is 5.85. The van der Waals surface area contributed by atoms with Gasteiger partial charge in [-0.2, -0.15) is 0 Å². The Labute approximate surface area is 76.1 Å². The summed E-state index contributed by atoms with van der Waals surface area (Å²) in [5.41, 5.74) is 0.845. The molecule has 1 spiro atoms. The molecule has 0 saturated heterocycles. The molecule has 2 saturated carbocycles. The number of hydrogen-bond acceptors (Lipinski definition) is 0. The number of allylic oxidation sites excluding steroid dienone is 1. The van der Waals surface area contributed by atoms with Crippen LogP contribution in [-0.2, 0) is 0 Å². The van der Waals surface area contributed by atoms with Gasteiger partial charge < -0.3 is 0 Å². The van der Waals surface area contributed by atoms with Gasteiger partial charge in [0.1, 0.15) is 0 Å². The van der Waals surface area contributed by atoms with Crippen LogP contribution in [0.25, 0.3) is 0 Å². The standard InChI is InChI=1S/C12H20/c1-2-4-11-5-9-12(10-6-11)7-3-8-12/h2,11H,1,3-10H2. The molecule has 0 aromatic rings. The smallest absolute Gasteiger partial charge is 0.0297 e. The van der Waals surface area contributed by atoms with E-state index in [0.29, 0.717) is 0 Å². The van der Waals surface area contributed by atoms with E-state index in [1.54, 1.807) is 0 Å². The van der Waals surface area contributed by atoms with Crippen LogP contribution in [0.15, 0.2) is 12.7 Å². The topological polar surface area (TPSA) is 0 Å². The first kappa shape index (κ1) is 8.34. The molecule has 0 heterocycles. The van der Waals surface area contributed by atoms with Crippen molar-refractivity contribution in [3.05, 3.63) is 12.7 Å². The second-order valence-corrected chi connectivity index (χ2v) is 4.82. The second-order valence-electron chi connectivity index (χ2n) is 4.82. The summed E-state index contributed by atoms with van der Waals surface area (Å²) < 4.78 is 0. The quantitative estimate of drug-likeness (QED) is 0.543. The Morgan fingerprint density at radius 3 is 2.25 bits per heavy atom. The highest BCUT2D eigenvalue weighted by atomic mass is 14.4. The van der Waals surface area contributed by atoms with Gasteiger partial charge in [0, 0.05) is 0 Å². The molecule has 0 bridgehead atoms. The van der Waals surface area contributed by atoms with Crippen molar-refractivity contribution >= 4 is 0 Å². The maximum Gasteiger partial charge on any atom is -0.0297 e. The fraction of sp³-hybridized carbons (Fsp3) is 0.833. The molecule has 68 valence electrons. The molecular weight excluding hydrogens is 144 g/mol. The summed E-state index contributed by atoms with van der Waals surface area (Å²) in [5.74, 6) is 0.980. The van der Waals surface area contributed by atoms with Gasteiger partial charge in [-0.3, -0.25) is 0 Å². The van der Waals surface area contributed by atoms with E-state index in [1.165, 1.54) is 51.4 Å². The Kier molecular flexibility index (Phi) is 2.25. The van der Waals surface area contributed by atoms with E-state index in [2.05, 4.69) is 12.7 Å². The highest BCUT2D eigenvalue weighted by Crippen LogP contribution is 2.53. The lowest BCUT2D eigenvalue weighted by Crippen LogP contribution is -2.33.